The van der Waals surface area contributed by atoms with Gasteiger partial charge in [-0.1, -0.05) is 18.2 Å². The number of hydrogen-bond acceptors (Lipinski definition) is 3. The van der Waals surface area contributed by atoms with Gasteiger partial charge in [0.15, 0.2) is 0 Å². The minimum absolute atomic E-state index is 0.0803. The summed E-state index contributed by atoms with van der Waals surface area (Å²) in [6.45, 7) is 3.50. The zero-order chi connectivity index (χ0) is 13.3. The van der Waals surface area contributed by atoms with E-state index in [4.69, 9.17) is 4.55 Å². The van der Waals surface area contributed by atoms with Gasteiger partial charge in [0.05, 0.1) is 10.6 Å². The van der Waals surface area contributed by atoms with Crippen molar-refractivity contribution in [3.8, 4) is 11.3 Å². The lowest BCUT2D eigenvalue weighted by molar-refractivity contribution is 0.482. The van der Waals surface area contributed by atoms with Gasteiger partial charge in [0.1, 0.15) is 0 Å². The van der Waals surface area contributed by atoms with Crippen molar-refractivity contribution >= 4 is 10.1 Å². The molecule has 0 unspecified atom stereocenters. The number of aromatic nitrogens is 1. The Labute approximate surface area is 106 Å². The molecule has 1 aromatic carbocycles. The molecular formula is C13H13NO3S. The van der Waals surface area contributed by atoms with Crippen molar-refractivity contribution in [2.24, 2.45) is 0 Å². The van der Waals surface area contributed by atoms with Crippen LogP contribution in [0.2, 0.25) is 0 Å². The molecule has 0 aliphatic heterocycles. The molecule has 0 radical (unpaired) electrons. The monoisotopic (exact) mass is 263 g/mol. The van der Waals surface area contributed by atoms with E-state index in [0.29, 0.717) is 16.8 Å². The van der Waals surface area contributed by atoms with Crippen LogP contribution >= 0.6 is 0 Å². The van der Waals surface area contributed by atoms with Crippen molar-refractivity contribution in [3.05, 3.63) is 47.7 Å². The summed E-state index contributed by atoms with van der Waals surface area (Å²) in [4.78, 5) is 4.24. The maximum absolute atomic E-state index is 11.2. The zero-order valence-corrected chi connectivity index (χ0v) is 10.9. The van der Waals surface area contributed by atoms with E-state index in [9.17, 15) is 8.42 Å². The minimum atomic E-state index is -4.20. The van der Waals surface area contributed by atoms with E-state index in [1.54, 1.807) is 25.1 Å². The molecule has 5 heteroatoms. The summed E-state index contributed by atoms with van der Waals surface area (Å²) >= 11 is 0. The predicted molar refractivity (Wildman–Crippen MR) is 69.0 cm³/mol. The molecule has 4 nitrogen and oxygen atoms in total. The molecule has 0 aliphatic carbocycles. The molecule has 18 heavy (non-hydrogen) atoms. The van der Waals surface area contributed by atoms with Crippen LogP contribution < -0.4 is 0 Å². The standard InChI is InChI=1S/C13H13NO3S/c1-9-6-7-11(8-13(9)18(15,16)17)12-5-3-4-10(2)14-12/h3-8H,1-2H3,(H,15,16,17). The van der Waals surface area contributed by atoms with Crippen LogP contribution in [0.4, 0.5) is 0 Å². The molecule has 1 aromatic heterocycles. The summed E-state index contributed by atoms with van der Waals surface area (Å²) in [6.07, 6.45) is 0. The van der Waals surface area contributed by atoms with E-state index in [-0.39, 0.29) is 4.90 Å². The van der Waals surface area contributed by atoms with E-state index in [2.05, 4.69) is 4.98 Å². The third-order valence-electron chi connectivity index (χ3n) is 2.65. The van der Waals surface area contributed by atoms with Crippen LogP contribution in [0, 0.1) is 13.8 Å². The highest BCUT2D eigenvalue weighted by Gasteiger charge is 2.14. The quantitative estimate of drug-likeness (QED) is 0.846. The molecule has 0 amide bonds. The maximum atomic E-state index is 11.2. The third kappa shape index (κ3) is 2.57. The van der Waals surface area contributed by atoms with Crippen molar-refractivity contribution in [2.75, 3.05) is 0 Å². The summed E-state index contributed by atoms with van der Waals surface area (Å²) in [5.41, 5.74) is 2.70. The number of aryl methyl sites for hydroxylation is 2. The van der Waals surface area contributed by atoms with Crippen LogP contribution in [0.25, 0.3) is 11.3 Å². The summed E-state index contributed by atoms with van der Waals surface area (Å²) in [7, 11) is -4.20. The van der Waals surface area contributed by atoms with Gasteiger partial charge in [-0.2, -0.15) is 8.42 Å². The molecule has 0 saturated carbocycles. The van der Waals surface area contributed by atoms with Gasteiger partial charge < -0.3 is 0 Å². The van der Waals surface area contributed by atoms with Gasteiger partial charge in [-0.25, -0.2) is 0 Å². The molecule has 0 saturated heterocycles. The molecule has 0 spiro atoms. The second-order valence-corrected chi connectivity index (χ2v) is 5.51. The molecule has 0 bridgehead atoms. The van der Waals surface area contributed by atoms with Crippen molar-refractivity contribution in [2.45, 2.75) is 18.7 Å². The summed E-state index contributed by atoms with van der Waals surface area (Å²) in [5.74, 6) is 0. The Morgan fingerprint density at radius 3 is 2.44 bits per heavy atom. The first-order valence-electron chi connectivity index (χ1n) is 5.40. The summed E-state index contributed by atoms with van der Waals surface area (Å²) in [5, 5.41) is 0. The highest BCUT2D eigenvalue weighted by atomic mass is 32.2. The van der Waals surface area contributed by atoms with E-state index in [1.165, 1.54) is 6.07 Å². The van der Waals surface area contributed by atoms with Crippen molar-refractivity contribution in [1.82, 2.24) is 4.98 Å². The Balaban J connectivity index is 2.61. The Morgan fingerprint density at radius 1 is 1.11 bits per heavy atom. The lowest BCUT2D eigenvalue weighted by Gasteiger charge is -2.06. The van der Waals surface area contributed by atoms with E-state index < -0.39 is 10.1 Å². The fourth-order valence-corrected chi connectivity index (χ4v) is 2.49. The average molecular weight is 263 g/mol. The van der Waals surface area contributed by atoms with Gasteiger partial charge in [-0.15, -0.1) is 0 Å². The predicted octanol–water partition coefficient (Wildman–Crippen LogP) is 2.61. The van der Waals surface area contributed by atoms with Gasteiger partial charge >= 0.3 is 0 Å². The first-order valence-corrected chi connectivity index (χ1v) is 6.84. The Bertz CT molecular complexity index is 693. The van der Waals surface area contributed by atoms with Gasteiger partial charge in [-0.3, -0.25) is 9.54 Å². The molecular weight excluding hydrogens is 250 g/mol. The number of hydrogen-bond donors (Lipinski definition) is 1. The highest BCUT2D eigenvalue weighted by Crippen LogP contribution is 2.23. The van der Waals surface area contributed by atoms with Gasteiger partial charge in [0.2, 0.25) is 0 Å². The SMILES string of the molecule is Cc1cccc(-c2ccc(C)c(S(=O)(=O)O)c2)n1. The minimum Gasteiger partial charge on any atom is -0.282 e. The normalized spacial score (nSPS) is 11.5. The van der Waals surface area contributed by atoms with Crippen LogP contribution in [0.1, 0.15) is 11.3 Å². The lowest BCUT2D eigenvalue weighted by Crippen LogP contribution is -2.01. The van der Waals surface area contributed by atoms with Crippen molar-refractivity contribution < 1.29 is 13.0 Å². The maximum Gasteiger partial charge on any atom is 0.294 e. The first kappa shape index (κ1) is 12.7. The van der Waals surface area contributed by atoms with Crippen molar-refractivity contribution in [1.29, 1.82) is 0 Å². The van der Waals surface area contributed by atoms with Crippen LogP contribution in [0.15, 0.2) is 41.3 Å². The summed E-state index contributed by atoms with van der Waals surface area (Å²) < 4.78 is 31.6. The summed E-state index contributed by atoms with van der Waals surface area (Å²) in [6, 6.07) is 10.4. The van der Waals surface area contributed by atoms with Crippen molar-refractivity contribution in [3.63, 3.8) is 0 Å². The number of nitrogens with zero attached hydrogens (tertiary/aromatic N) is 1. The first-order chi connectivity index (χ1) is 8.38. The number of benzene rings is 1. The molecule has 94 valence electrons. The molecule has 1 N–H and O–H groups in total. The van der Waals surface area contributed by atoms with E-state index in [0.717, 1.165) is 5.69 Å². The molecule has 0 aliphatic rings. The van der Waals surface area contributed by atoms with E-state index >= 15 is 0 Å². The second-order valence-electron chi connectivity index (χ2n) is 4.12. The van der Waals surface area contributed by atoms with Crippen LogP contribution in [0.5, 0.6) is 0 Å². The molecule has 0 atom stereocenters. The van der Waals surface area contributed by atoms with Gasteiger partial charge in [0, 0.05) is 11.3 Å². The van der Waals surface area contributed by atoms with Gasteiger partial charge in [-0.05, 0) is 37.6 Å². The topological polar surface area (TPSA) is 67.3 Å². The number of pyridine rings is 1. The fraction of sp³-hybridized carbons (Fsp3) is 0.154. The second kappa shape index (κ2) is 4.51. The molecule has 2 aromatic rings. The van der Waals surface area contributed by atoms with E-state index in [1.807, 2.05) is 19.1 Å². The third-order valence-corrected chi connectivity index (χ3v) is 3.65. The molecule has 1 heterocycles. The Morgan fingerprint density at radius 2 is 1.83 bits per heavy atom. The molecule has 0 fully saturated rings. The van der Waals surface area contributed by atoms with Gasteiger partial charge in [0.25, 0.3) is 10.1 Å². The molecule has 2 rings (SSSR count). The Hall–Kier alpha value is -1.72. The number of rotatable bonds is 2. The zero-order valence-electron chi connectivity index (χ0n) is 10.1. The van der Waals surface area contributed by atoms with Crippen LogP contribution in [0.3, 0.4) is 0 Å². The Kier molecular flexibility index (Phi) is 3.19. The average Bonchev–Trinajstić information content (AvgIpc) is 2.28. The van der Waals surface area contributed by atoms with Crippen LogP contribution in [-0.4, -0.2) is 18.0 Å². The smallest absolute Gasteiger partial charge is 0.282 e. The lowest BCUT2D eigenvalue weighted by atomic mass is 10.1. The van der Waals surface area contributed by atoms with Crippen LogP contribution in [-0.2, 0) is 10.1 Å². The highest BCUT2D eigenvalue weighted by molar-refractivity contribution is 7.85. The fourth-order valence-electron chi connectivity index (χ4n) is 1.74. The largest absolute Gasteiger partial charge is 0.294 e.